The molecule has 15 heavy (non-hydrogen) atoms. The van der Waals surface area contributed by atoms with E-state index in [0.717, 1.165) is 5.75 Å². The number of hydrogen-bond acceptors (Lipinski definition) is 4. The molecule has 2 N–H and O–H groups in total. The second-order valence-corrected chi connectivity index (χ2v) is 5.09. The molecule has 1 aliphatic heterocycles. The zero-order chi connectivity index (χ0) is 11.5. The highest BCUT2D eigenvalue weighted by Crippen LogP contribution is 2.19. The first-order valence-corrected chi connectivity index (χ1v) is 6.53. The third kappa shape index (κ3) is 2.86. The largest absolute Gasteiger partial charge is 0.379 e. The fourth-order valence-electron chi connectivity index (χ4n) is 1.65. The molecule has 4 nitrogen and oxygen atoms in total. The molecule has 1 aliphatic rings. The van der Waals surface area contributed by atoms with Crippen molar-refractivity contribution in [3.05, 3.63) is 0 Å². The van der Waals surface area contributed by atoms with Crippen LogP contribution in [0.25, 0.3) is 0 Å². The average Bonchev–Trinajstić information content (AvgIpc) is 2.64. The Morgan fingerprint density at radius 3 is 2.87 bits per heavy atom. The number of hydrogen-bond donors (Lipinski definition) is 1. The van der Waals surface area contributed by atoms with E-state index in [1.54, 1.807) is 16.7 Å². The van der Waals surface area contributed by atoms with Gasteiger partial charge in [0.25, 0.3) is 0 Å². The zero-order valence-electron chi connectivity index (χ0n) is 9.66. The molecular weight excluding hydrogens is 212 g/mol. The summed E-state index contributed by atoms with van der Waals surface area (Å²) in [5, 5.41) is 0. The highest BCUT2D eigenvalue weighted by atomic mass is 32.2. The monoisotopic (exact) mass is 232 g/mol. The van der Waals surface area contributed by atoms with Crippen LogP contribution in [0.2, 0.25) is 0 Å². The Hall–Kier alpha value is -0.260. The molecule has 0 aliphatic carbocycles. The maximum absolute atomic E-state index is 12.1. The van der Waals surface area contributed by atoms with Gasteiger partial charge in [-0.15, -0.1) is 0 Å². The van der Waals surface area contributed by atoms with E-state index in [4.69, 9.17) is 10.5 Å². The molecule has 1 amide bonds. The summed E-state index contributed by atoms with van der Waals surface area (Å²) < 4.78 is 5.19. The number of carbonyl (C=O) groups is 1. The van der Waals surface area contributed by atoms with Crippen molar-refractivity contribution in [1.82, 2.24) is 4.90 Å². The van der Waals surface area contributed by atoms with Crippen molar-refractivity contribution in [2.24, 2.45) is 5.73 Å². The van der Waals surface area contributed by atoms with Crippen LogP contribution in [0.4, 0.5) is 0 Å². The van der Waals surface area contributed by atoms with Gasteiger partial charge in [0.2, 0.25) is 5.91 Å². The third-order valence-electron chi connectivity index (χ3n) is 2.87. The van der Waals surface area contributed by atoms with Crippen molar-refractivity contribution < 1.29 is 9.53 Å². The van der Waals surface area contributed by atoms with Crippen LogP contribution in [0.1, 0.15) is 13.3 Å². The molecule has 0 aromatic rings. The minimum absolute atomic E-state index is 0.00144. The molecule has 0 radical (unpaired) electrons. The number of likely N-dealkylation sites (N-methyl/N-ethyl adjacent to an activating group) is 1. The van der Waals surface area contributed by atoms with Gasteiger partial charge in [0, 0.05) is 25.4 Å². The van der Waals surface area contributed by atoms with Crippen LogP contribution in [0.15, 0.2) is 0 Å². The summed E-state index contributed by atoms with van der Waals surface area (Å²) in [6, 6.07) is 0.216. The first-order valence-electron chi connectivity index (χ1n) is 5.14. The Kier molecular flexibility index (Phi) is 4.43. The van der Waals surface area contributed by atoms with Gasteiger partial charge >= 0.3 is 0 Å². The van der Waals surface area contributed by atoms with Gasteiger partial charge in [-0.25, -0.2) is 0 Å². The van der Waals surface area contributed by atoms with Gasteiger partial charge in [0.05, 0.1) is 6.61 Å². The van der Waals surface area contributed by atoms with E-state index in [1.165, 1.54) is 0 Å². The van der Waals surface area contributed by atoms with Crippen molar-refractivity contribution in [1.29, 1.82) is 0 Å². The molecule has 0 aromatic heterocycles. The molecule has 0 aromatic carbocycles. The van der Waals surface area contributed by atoms with Crippen LogP contribution in [0.5, 0.6) is 0 Å². The van der Waals surface area contributed by atoms with Crippen LogP contribution in [-0.2, 0) is 9.53 Å². The Bertz CT molecular complexity index is 229. The lowest BCUT2D eigenvalue weighted by atomic mass is 9.98. The van der Waals surface area contributed by atoms with Crippen LogP contribution in [0, 0.1) is 0 Å². The molecule has 1 saturated heterocycles. The SMILES string of the molecule is CSCC(C)N(C)C(=O)C1(N)CCOC1. The fraction of sp³-hybridized carbons (Fsp3) is 0.900. The summed E-state index contributed by atoms with van der Waals surface area (Å²) in [6.07, 6.45) is 2.66. The second kappa shape index (κ2) is 5.18. The summed E-state index contributed by atoms with van der Waals surface area (Å²) in [4.78, 5) is 13.8. The molecule has 1 rings (SSSR count). The lowest BCUT2D eigenvalue weighted by Crippen LogP contribution is -2.57. The highest BCUT2D eigenvalue weighted by Gasteiger charge is 2.40. The predicted octanol–water partition coefficient (Wildman–Crippen LogP) is 0.314. The van der Waals surface area contributed by atoms with Gasteiger partial charge < -0.3 is 15.4 Å². The molecule has 1 heterocycles. The van der Waals surface area contributed by atoms with E-state index >= 15 is 0 Å². The molecule has 1 fully saturated rings. The standard InChI is InChI=1S/C10H20N2O2S/c1-8(6-15-3)12(2)9(13)10(11)4-5-14-7-10/h8H,4-7,11H2,1-3H3. The second-order valence-electron chi connectivity index (χ2n) is 4.18. The summed E-state index contributed by atoms with van der Waals surface area (Å²) in [6.45, 7) is 2.97. The number of ether oxygens (including phenoxy) is 1. The van der Waals surface area contributed by atoms with E-state index in [0.29, 0.717) is 19.6 Å². The predicted molar refractivity (Wildman–Crippen MR) is 63.0 cm³/mol. The van der Waals surface area contributed by atoms with Crippen molar-refractivity contribution in [2.75, 3.05) is 32.3 Å². The van der Waals surface area contributed by atoms with E-state index in [-0.39, 0.29) is 11.9 Å². The number of amides is 1. The van der Waals surface area contributed by atoms with E-state index in [1.807, 2.05) is 20.2 Å². The van der Waals surface area contributed by atoms with Crippen LogP contribution >= 0.6 is 11.8 Å². The summed E-state index contributed by atoms with van der Waals surface area (Å²) in [7, 11) is 1.82. The number of thioether (sulfide) groups is 1. The van der Waals surface area contributed by atoms with E-state index < -0.39 is 5.54 Å². The van der Waals surface area contributed by atoms with Gasteiger partial charge in [-0.3, -0.25) is 4.79 Å². The summed E-state index contributed by atoms with van der Waals surface area (Å²) >= 11 is 1.73. The fourth-order valence-corrected chi connectivity index (χ4v) is 2.36. The maximum Gasteiger partial charge on any atom is 0.245 e. The van der Waals surface area contributed by atoms with Crippen LogP contribution < -0.4 is 5.73 Å². The molecular formula is C10H20N2O2S. The molecule has 0 spiro atoms. The van der Waals surface area contributed by atoms with Gasteiger partial charge in [0.15, 0.2) is 0 Å². The summed E-state index contributed by atoms with van der Waals surface area (Å²) in [5.41, 5.74) is 5.22. The molecule has 5 heteroatoms. The van der Waals surface area contributed by atoms with Crippen molar-refractivity contribution in [3.63, 3.8) is 0 Å². The van der Waals surface area contributed by atoms with Crippen molar-refractivity contribution >= 4 is 17.7 Å². The summed E-state index contributed by atoms with van der Waals surface area (Å²) in [5.74, 6) is 0.931. The zero-order valence-corrected chi connectivity index (χ0v) is 10.5. The first kappa shape index (κ1) is 12.8. The highest BCUT2D eigenvalue weighted by molar-refractivity contribution is 7.98. The topological polar surface area (TPSA) is 55.6 Å². The Labute approximate surface area is 95.5 Å². The first-order chi connectivity index (χ1) is 7.01. The lowest BCUT2D eigenvalue weighted by Gasteiger charge is -2.31. The molecule has 2 unspecified atom stereocenters. The number of nitrogens with two attached hydrogens (primary N) is 1. The minimum atomic E-state index is -0.790. The Morgan fingerprint density at radius 2 is 2.40 bits per heavy atom. The van der Waals surface area contributed by atoms with Gasteiger partial charge in [-0.1, -0.05) is 0 Å². The smallest absolute Gasteiger partial charge is 0.245 e. The van der Waals surface area contributed by atoms with Crippen molar-refractivity contribution in [3.8, 4) is 0 Å². The third-order valence-corrected chi connectivity index (χ3v) is 3.68. The quantitative estimate of drug-likeness (QED) is 0.758. The lowest BCUT2D eigenvalue weighted by molar-refractivity contribution is -0.137. The van der Waals surface area contributed by atoms with Crippen LogP contribution in [-0.4, -0.2) is 54.7 Å². The number of carbonyl (C=O) groups excluding carboxylic acids is 1. The number of nitrogens with zero attached hydrogens (tertiary/aromatic N) is 1. The molecule has 0 bridgehead atoms. The minimum Gasteiger partial charge on any atom is -0.379 e. The van der Waals surface area contributed by atoms with Crippen LogP contribution in [0.3, 0.4) is 0 Å². The normalized spacial score (nSPS) is 27.7. The van der Waals surface area contributed by atoms with Gasteiger partial charge in [-0.05, 0) is 19.6 Å². The van der Waals surface area contributed by atoms with Gasteiger partial charge in [0.1, 0.15) is 5.54 Å². The maximum atomic E-state index is 12.1. The van der Waals surface area contributed by atoms with Gasteiger partial charge in [-0.2, -0.15) is 11.8 Å². The Balaban J connectivity index is 2.58. The molecule has 88 valence electrons. The van der Waals surface area contributed by atoms with E-state index in [2.05, 4.69) is 0 Å². The molecule has 0 saturated carbocycles. The molecule has 2 atom stereocenters. The van der Waals surface area contributed by atoms with Crippen molar-refractivity contribution in [2.45, 2.75) is 24.9 Å². The Morgan fingerprint density at radius 1 is 1.73 bits per heavy atom. The average molecular weight is 232 g/mol. The van der Waals surface area contributed by atoms with E-state index in [9.17, 15) is 4.79 Å². The number of rotatable bonds is 4.